The van der Waals surface area contributed by atoms with E-state index in [2.05, 4.69) is 10.1 Å². The summed E-state index contributed by atoms with van der Waals surface area (Å²) < 4.78 is 4.65. The minimum atomic E-state index is -0.412. The molecule has 0 unspecified atom stereocenters. The van der Waals surface area contributed by atoms with Crippen LogP contribution in [0.15, 0.2) is 24.3 Å². The number of esters is 1. The molecule has 1 aromatic carbocycles. The Morgan fingerprint density at radius 2 is 2.05 bits per heavy atom. The van der Waals surface area contributed by atoms with Gasteiger partial charge in [0.25, 0.3) is 0 Å². The molecule has 2 rings (SSSR count). The van der Waals surface area contributed by atoms with Crippen molar-refractivity contribution in [3.63, 3.8) is 0 Å². The quantitative estimate of drug-likeness (QED) is 0.842. The molecule has 1 aliphatic rings. The van der Waals surface area contributed by atoms with E-state index in [4.69, 9.17) is 0 Å². The lowest BCUT2D eigenvalue weighted by molar-refractivity contribution is 0.0600. The van der Waals surface area contributed by atoms with E-state index in [1.807, 2.05) is 11.8 Å². The molecule has 1 aromatic rings. The number of nitrogens with one attached hydrogen (secondary N) is 1. The first-order valence-electron chi connectivity index (χ1n) is 6.03. The highest BCUT2D eigenvalue weighted by Gasteiger charge is 2.17. The molecule has 19 heavy (non-hydrogen) atoms. The molecular weight excluding hydrogens is 264 g/mol. The van der Waals surface area contributed by atoms with Gasteiger partial charge in [0, 0.05) is 30.3 Å². The molecule has 1 heterocycles. The number of hydrogen-bond acceptors (Lipinski definition) is 4. The van der Waals surface area contributed by atoms with Gasteiger partial charge in [-0.25, -0.2) is 9.59 Å². The van der Waals surface area contributed by atoms with E-state index < -0.39 is 5.97 Å². The average molecular weight is 280 g/mol. The van der Waals surface area contributed by atoms with E-state index in [9.17, 15) is 9.59 Å². The molecule has 1 aliphatic heterocycles. The number of thioether (sulfide) groups is 1. The molecule has 1 fully saturated rings. The van der Waals surface area contributed by atoms with Crippen LogP contribution in [0.1, 0.15) is 10.4 Å². The van der Waals surface area contributed by atoms with Crippen molar-refractivity contribution in [2.75, 3.05) is 37.0 Å². The fourth-order valence-electron chi connectivity index (χ4n) is 1.81. The van der Waals surface area contributed by atoms with Gasteiger partial charge in [-0.3, -0.25) is 0 Å². The fourth-order valence-corrected chi connectivity index (χ4v) is 2.71. The summed E-state index contributed by atoms with van der Waals surface area (Å²) in [5.74, 6) is 1.52. The van der Waals surface area contributed by atoms with Gasteiger partial charge in [-0.15, -0.1) is 0 Å². The summed E-state index contributed by atoms with van der Waals surface area (Å²) in [4.78, 5) is 25.2. The molecule has 0 radical (unpaired) electrons. The van der Waals surface area contributed by atoms with Gasteiger partial charge in [0.2, 0.25) is 0 Å². The number of carbonyl (C=O) groups excluding carboxylic acids is 2. The Morgan fingerprint density at radius 3 is 2.74 bits per heavy atom. The van der Waals surface area contributed by atoms with Crippen molar-refractivity contribution >= 4 is 29.4 Å². The Hall–Kier alpha value is -1.69. The lowest BCUT2D eigenvalue weighted by Gasteiger charge is -2.26. The summed E-state index contributed by atoms with van der Waals surface area (Å²) in [5, 5.41) is 2.80. The molecule has 2 amide bonds. The maximum absolute atomic E-state index is 12.0. The highest BCUT2D eigenvalue weighted by atomic mass is 32.2. The number of urea groups is 1. The number of methoxy groups -OCH3 is 1. The van der Waals surface area contributed by atoms with E-state index >= 15 is 0 Å². The van der Waals surface area contributed by atoms with Crippen molar-refractivity contribution in [2.45, 2.75) is 0 Å². The minimum absolute atomic E-state index is 0.123. The Bertz CT molecular complexity index is 473. The van der Waals surface area contributed by atoms with E-state index in [1.165, 1.54) is 7.11 Å². The molecule has 102 valence electrons. The number of amides is 2. The van der Waals surface area contributed by atoms with Crippen LogP contribution in [0.25, 0.3) is 0 Å². The number of nitrogens with zero attached hydrogens (tertiary/aromatic N) is 1. The molecule has 0 aliphatic carbocycles. The molecule has 0 atom stereocenters. The second-order valence-electron chi connectivity index (χ2n) is 4.10. The summed E-state index contributed by atoms with van der Waals surface area (Å²) >= 11 is 1.85. The predicted octanol–water partition coefficient (Wildman–Crippen LogP) is 2.05. The zero-order valence-corrected chi connectivity index (χ0v) is 11.5. The Kier molecular flexibility index (Phi) is 4.68. The van der Waals surface area contributed by atoms with E-state index in [-0.39, 0.29) is 6.03 Å². The summed E-state index contributed by atoms with van der Waals surface area (Å²) in [6, 6.07) is 6.61. The van der Waals surface area contributed by atoms with Crippen LogP contribution in [-0.2, 0) is 4.74 Å². The molecule has 5 nitrogen and oxygen atoms in total. The van der Waals surface area contributed by atoms with Crippen LogP contribution >= 0.6 is 11.8 Å². The van der Waals surface area contributed by atoms with Crippen LogP contribution < -0.4 is 5.32 Å². The molecule has 0 spiro atoms. The van der Waals surface area contributed by atoms with E-state index in [0.717, 1.165) is 24.6 Å². The Balaban J connectivity index is 2.02. The molecule has 1 N–H and O–H groups in total. The molecule has 1 saturated heterocycles. The SMILES string of the molecule is COC(=O)c1cccc(NC(=O)N2CCSCC2)c1. The topological polar surface area (TPSA) is 58.6 Å². The third kappa shape index (κ3) is 3.64. The maximum atomic E-state index is 12.0. The van der Waals surface area contributed by atoms with Crippen LogP contribution in [0.2, 0.25) is 0 Å². The van der Waals surface area contributed by atoms with Crippen molar-refractivity contribution in [3.05, 3.63) is 29.8 Å². The first-order chi connectivity index (χ1) is 9.20. The third-order valence-corrected chi connectivity index (χ3v) is 3.78. The monoisotopic (exact) mass is 280 g/mol. The van der Waals surface area contributed by atoms with Crippen molar-refractivity contribution in [1.29, 1.82) is 0 Å². The summed E-state index contributed by atoms with van der Waals surface area (Å²) in [6.07, 6.45) is 0. The number of ether oxygens (including phenoxy) is 1. The maximum Gasteiger partial charge on any atom is 0.337 e. The average Bonchev–Trinajstić information content (AvgIpc) is 2.47. The Labute approximate surface area is 116 Å². The highest BCUT2D eigenvalue weighted by molar-refractivity contribution is 7.99. The normalized spacial score (nSPS) is 14.9. The van der Waals surface area contributed by atoms with Gasteiger partial charge in [0.15, 0.2) is 0 Å². The van der Waals surface area contributed by atoms with Crippen LogP contribution in [0, 0.1) is 0 Å². The number of anilines is 1. The number of carbonyl (C=O) groups is 2. The van der Waals surface area contributed by atoms with Crippen molar-refractivity contribution in [1.82, 2.24) is 4.90 Å². The van der Waals surface area contributed by atoms with Gasteiger partial charge in [-0.1, -0.05) is 6.07 Å². The summed E-state index contributed by atoms with van der Waals surface area (Å²) in [6.45, 7) is 1.51. The lowest BCUT2D eigenvalue weighted by Crippen LogP contribution is -2.40. The first-order valence-corrected chi connectivity index (χ1v) is 7.18. The van der Waals surface area contributed by atoms with E-state index in [0.29, 0.717) is 11.3 Å². The molecular formula is C13H16N2O3S. The third-order valence-electron chi connectivity index (χ3n) is 2.83. The first kappa shape index (κ1) is 13.7. The van der Waals surface area contributed by atoms with Crippen LogP contribution in [0.4, 0.5) is 10.5 Å². The Morgan fingerprint density at radius 1 is 1.32 bits per heavy atom. The van der Waals surface area contributed by atoms with Gasteiger partial charge in [-0.2, -0.15) is 11.8 Å². The summed E-state index contributed by atoms with van der Waals surface area (Å²) in [7, 11) is 1.33. The van der Waals surface area contributed by atoms with Gasteiger partial charge in [0.1, 0.15) is 0 Å². The molecule has 0 bridgehead atoms. The zero-order valence-electron chi connectivity index (χ0n) is 10.7. The minimum Gasteiger partial charge on any atom is -0.465 e. The standard InChI is InChI=1S/C13H16N2O3S/c1-18-12(16)10-3-2-4-11(9-10)14-13(17)15-5-7-19-8-6-15/h2-4,9H,5-8H2,1H3,(H,14,17). The molecule has 0 saturated carbocycles. The van der Waals surface area contributed by atoms with Crippen LogP contribution in [0.3, 0.4) is 0 Å². The van der Waals surface area contributed by atoms with Gasteiger partial charge >= 0.3 is 12.0 Å². The second kappa shape index (κ2) is 6.47. The van der Waals surface area contributed by atoms with Crippen LogP contribution in [-0.4, -0.2) is 48.6 Å². The molecule has 0 aromatic heterocycles. The number of hydrogen-bond donors (Lipinski definition) is 1. The van der Waals surface area contributed by atoms with Crippen LogP contribution in [0.5, 0.6) is 0 Å². The van der Waals surface area contributed by atoms with Crippen molar-refractivity contribution < 1.29 is 14.3 Å². The van der Waals surface area contributed by atoms with Gasteiger partial charge < -0.3 is 15.0 Å². The fraction of sp³-hybridized carbons (Fsp3) is 0.385. The van der Waals surface area contributed by atoms with Crippen molar-refractivity contribution in [2.24, 2.45) is 0 Å². The smallest absolute Gasteiger partial charge is 0.337 e. The number of benzene rings is 1. The largest absolute Gasteiger partial charge is 0.465 e. The van der Waals surface area contributed by atoms with E-state index in [1.54, 1.807) is 29.2 Å². The summed E-state index contributed by atoms with van der Waals surface area (Å²) in [5.41, 5.74) is 1.03. The number of rotatable bonds is 2. The zero-order chi connectivity index (χ0) is 13.7. The lowest BCUT2D eigenvalue weighted by atomic mass is 10.2. The molecule has 6 heteroatoms. The van der Waals surface area contributed by atoms with Gasteiger partial charge in [0.05, 0.1) is 12.7 Å². The van der Waals surface area contributed by atoms with Crippen molar-refractivity contribution in [3.8, 4) is 0 Å². The highest BCUT2D eigenvalue weighted by Crippen LogP contribution is 2.14. The second-order valence-corrected chi connectivity index (χ2v) is 5.33. The van der Waals surface area contributed by atoms with Gasteiger partial charge in [-0.05, 0) is 18.2 Å². The predicted molar refractivity (Wildman–Crippen MR) is 75.7 cm³/mol.